The highest BCUT2D eigenvalue weighted by Crippen LogP contribution is 2.18. The molecule has 0 unspecified atom stereocenters. The first-order valence-electron chi connectivity index (χ1n) is 5.03. The number of nitrogen functional groups attached to an aromatic ring is 1. The third-order valence-corrected chi connectivity index (χ3v) is 2.03. The molecule has 0 amide bonds. The molecule has 0 radical (unpaired) electrons. The van der Waals surface area contributed by atoms with E-state index < -0.39 is 11.9 Å². The second-order valence-electron chi connectivity index (χ2n) is 3.20. The van der Waals surface area contributed by atoms with Crippen LogP contribution in [0.1, 0.15) is 22.8 Å². The van der Waals surface area contributed by atoms with Gasteiger partial charge in [0.25, 0.3) is 0 Å². The number of esters is 1. The molecule has 0 fully saturated rings. The van der Waals surface area contributed by atoms with Gasteiger partial charge in [0.15, 0.2) is 0 Å². The number of carboxylic acids is 1. The van der Waals surface area contributed by atoms with Crippen molar-refractivity contribution in [3.05, 3.63) is 35.4 Å². The minimum atomic E-state index is -1.13. The molecule has 0 spiro atoms. The first-order valence-corrected chi connectivity index (χ1v) is 5.03. The molecule has 0 saturated carbocycles. The molecular weight excluding hydrogens is 222 g/mol. The van der Waals surface area contributed by atoms with E-state index in [2.05, 4.69) is 4.74 Å². The Morgan fingerprint density at radius 1 is 1.47 bits per heavy atom. The number of nitrogens with two attached hydrogens (primary N) is 1. The van der Waals surface area contributed by atoms with E-state index in [1.54, 1.807) is 19.1 Å². The van der Waals surface area contributed by atoms with Crippen LogP contribution in [-0.4, -0.2) is 23.7 Å². The Kier molecular flexibility index (Phi) is 4.28. The monoisotopic (exact) mass is 235 g/mol. The number of carbonyl (C=O) groups excluding carboxylic acids is 1. The van der Waals surface area contributed by atoms with E-state index in [0.717, 1.165) is 0 Å². The van der Waals surface area contributed by atoms with Gasteiger partial charge in [-0.2, -0.15) is 0 Å². The summed E-state index contributed by atoms with van der Waals surface area (Å²) in [5.74, 6) is -1.65. The van der Waals surface area contributed by atoms with Crippen LogP contribution in [-0.2, 0) is 9.53 Å². The van der Waals surface area contributed by atoms with E-state index in [-0.39, 0.29) is 17.9 Å². The molecule has 3 N–H and O–H groups in total. The summed E-state index contributed by atoms with van der Waals surface area (Å²) in [6.07, 6.45) is 2.54. The summed E-state index contributed by atoms with van der Waals surface area (Å²) in [5, 5.41) is 8.99. The molecule has 1 rings (SSSR count). The molecule has 0 aliphatic rings. The molecule has 0 bridgehead atoms. The minimum Gasteiger partial charge on any atom is -0.478 e. The Balaban J connectivity index is 3.02. The fraction of sp³-hybridized carbons (Fsp3) is 0.167. The molecular formula is C12H13NO4. The van der Waals surface area contributed by atoms with Gasteiger partial charge < -0.3 is 15.6 Å². The van der Waals surface area contributed by atoms with Gasteiger partial charge in [-0.15, -0.1) is 0 Å². The SMILES string of the molecule is CCOC(=O)C=Cc1cccc(N)c1C(=O)O. The molecule has 0 aliphatic carbocycles. The molecule has 1 aromatic carbocycles. The van der Waals surface area contributed by atoms with Gasteiger partial charge in [-0.1, -0.05) is 12.1 Å². The highest BCUT2D eigenvalue weighted by atomic mass is 16.5. The largest absolute Gasteiger partial charge is 0.478 e. The first-order chi connectivity index (χ1) is 8.06. The van der Waals surface area contributed by atoms with Crippen LogP contribution in [0.2, 0.25) is 0 Å². The lowest BCUT2D eigenvalue weighted by atomic mass is 10.1. The number of rotatable bonds is 4. The van der Waals surface area contributed by atoms with Gasteiger partial charge in [-0.25, -0.2) is 9.59 Å². The second-order valence-corrected chi connectivity index (χ2v) is 3.20. The Labute approximate surface area is 98.5 Å². The zero-order chi connectivity index (χ0) is 12.8. The van der Waals surface area contributed by atoms with Gasteiger partial charge in [0.05, 0.1) is 12.2 Å². The maximum atomic E-state index is 11.1. The van der Waals surface area contributed by atoms with Crippen molar-refractivity contribution in [3.63, 3.8) is 0 Å². The van der Waals surface area contributed by atoms with E-state index >= 15 is 0 Å². The number of benzene rings is 1. The summed E-state index contributed by atoms with van der Waals surface area (Å²) in [7, 11) is 0. The van der Waals surface area contributed by atoms with Crippen molar-refractivity contribution in [2.24, 2.45) is 0 Å². The Morgan fingerprint density at radius 2 is 2.18 bits per heavy atom. The van der Waals surface area contributed by atoms with Crippen LogP contribution >= 0.6 is 0 Å². The lowest BCUT2D eigenvalue weighted by Crippen LogP contribution is -2.05. The van der Waals surface area contributed by atoms with Crippen LogP contribution in [0.15, 0.2) is 24.3 Å². The number of anilines is 1. The number of hydrogen-bond donors (Lipinski definition) is 2. The van der Waals surface area contributed by atoms with Gasteiger partial charge in [0, 0.05) is 11.8 Å². The van der Waals surface area contributed by atoms with E-state index in [1.807, 2.05) is 0 Å². The molecule has 0 aliphatic heterocycles. The van der Waals surface area contributed by atoms with Gasteiger partial charge in [0.2, 0.25) is 0 Å². The molecule has 5 heteroatoms. The number of aromatic carboxylic acids is 1. The second kappa shape index (κ2) is 5.69. The van der Waals surface area contributed by atoms with Gasteiger partial charge in [-0.05, 0) is 24.6 Å². The minimum absolute atomic E-state index is 0.0203. The van der Waals surface area contributed by atoms with Crippen LogP contribution < -0.4 is 5.73 Å². The molecule has 0 saturated heterocycles. The molecule has 5 nitrogen and oxygen atoms in total. The summed E-state index contributed by atoms with van der Waals surface area (Å²) in [4.78, 5) is 22.1. The maximum Gasteiger partial charge on any atom is 0.338 e. The summed E-state index contributed by atoms with van der Waals surface area (Å²) in [6, 6.07) is 4.67. The van der Waals surface area contributed by atoms with Crippen molar-refractivity contribution in [2.75, 3.05) is 12.3 Å². The van der Waals surface area contributed by atoms with E-state index in [0.29, 0.717) is 5.56 Å². The number of hydrogen-bond acceptors (Lipinski definition) is 4. The zero-order valence-electron chi connectivity index (χ0n) is 9.34. The molecule has 90 valence electrons. The highest BCUT2D eigenvalue weighted by molar-refractivity contribution is 5.99. The number of carbonyl (C=O) groups is 2. The van der Waals surface area contributed by atoms with Gasteiger partial charge in [0.1, 0.15) is 0 Å². The van der Waals surface area contributed by atoms with Gasteiger partial charge >= 0.3 is 11.9 Å². The van der Waals surface area contributed by atoms with E-state index in [9.17, 15) is 9.59 Å². The third kappa shape index (κ3) is 3.34. The molecule has 0 atom stereocenters. The predicted molar refractivity (Wildman–Crippen MR) is 63.5 cm³/mol. The number of ether oxygens (including phenoxy) is 1. The van der Waals surface area contributed by atoms with Gasteiger partial charge in [-0.3, -0.25) is 0 Å². The Hall–Kier alpha value is -2.30. The third-order valence-electron chi connectivity index (χ3n) is 2.03. The molecule has 0 heterocycles. The molecule has 17 heavy (non-hydrogen) atoms. The predicted octanol–water partition coefficient (Wildman–Crippen LogP) is 1.54. The van der Waals surface area contributed by atoms with Crippen LogP contribution in [0.25, 0.3) is 6.08 Å². The maximum absolute atomic E-state index is 11.1. The first kappa shape index (κ1) is 12.8. The van der Waals surface area contributed by atoms with Crippen molar-refractivity contribution in [3.8, 4) is 0 Å². The average Bonchev–Trinajstić information content (AvgIpc) is 2.26. The summed E-state index contributed by atoms with van der Waals surface area (Å²) in [5.41, 5.74) is 6.06. The van der Waals surface area contributed by atoms with E-state index in [1.165, 1.54) is 18.2 Å². The van der Waals surface area contributed by atoms with Crippen molar-refractivity contribution in [1.82, 2.24) is 0 Å². The normalized spacial score (nSPS) is 10.4. The van der Waals surface area contributed by atoms with Crippen molar-refractivity contribution >= 4 is 23.7 Å². The van der Waals surface area contributed by atoms with Crippen molar-refractivity contribution in [2.45, 2.75) is 6.92 Å². The quantitative estimate of drug-likeness (QED) is 0.469. The Bertz CT molecular complexity index is 466. The van der Waals surface area contributed by atoms with Crippen LogP contribution in [0.5, 0.6) is 0 Å². The van der Waals surface area contributed by atoms with Crippen LogP contribution in [0.4, 0.5) is 5.69 Å². The van der Waals surface area contributed by atoms with Crippen molar-refractivity contribution in [1.29, 1.82) is 0 Å². The topological polar surface area (TPSA) is 89.6 Å². The fourth-order valence-corrected chi connectivity index (χ4v) is 1.32. The lowest BCUT2D eigenvalue weighted by molar-refractivity contribution is -0.137. The smallest absolute Gasteiger partial charge is 0.338 e. The van der Waals surface area contributed by atoms with Crippen LogP contribution in [0.3, 0.4) is 0 Å². The lowest BCUT2D eigenvalue weighted by Gasteiger charge is -2.04. The van der Waals surface area contributed by atoms with E-state index in [4.69, 9.17) is 10.8 Å². The zero-order valence-corrected chi connectivity index (χ0v) is 9.34. The Morgan fingerprint density at radius 3 is 2.76 bits per heavy atom. The molecule has 1 aromatic rings. The average molecular weight is 235 g/mol. The summed E-state index contributed by atoms with van der Waals surface area (Å²) < 4.78 is 4.69. The highest BCUT2D eigenvalue weighted by Gasteiger charge is 2.11. The summed E-state index contributed by atoms with van der Waals surface area (Å²) in [6.45, 7) is 1.96. The fourth-order valence-electron chi connectivity index (χ4n) is 1.32. The van der Waals surface area contributed by atoms with Crippen molar-refractivity contribution < 1.29 is 19.4 Å². The van der Waals surface area contributed by atoms with Crippen LogP contribution in [0, 0.1) is 0 Å². The summed E-state index contributed by atoms with van der Waals surface area (Å²) >= 11 is 0. The number of carboxylic acid groups (broad SMARTS) is 1. The molecule has 0 aromatic heterocycles. The standard InChI is InChI=1S/C12H13NO4/c1-2-17-10(14)7-6-8-4-3-5-9(13)11(8)12(15)16/h3-7H,2,13H2,1H3,(H,15,16).